The summed E-state index contributed by atoms with van der Waals surface area (Å²) in [6, 6.07) is 20.8. The van der Waals surface area contributed by atoms with Gasteiger partial charge in [-0.2, -0.15) is 4.98 Å². The summed E-state index contributed by atoms with van der Waals surface area (Å²) in [4.78, 5) is 16.6. The van der Waals surface area contributed by atoms with Gasteiger partial charge in [-0.1, -0.05) is 36.4 Å². The molecule has 1 saturated carbocycles. The Hall–Kier alpha value is -3.72. The number of benzene rings is 2. The zero-order chi connectivity index (χ0) is 21.4. The van der Waals surface area contributed by atoms with Gasteiger partial charge in [0.15, 0.2) is 5.65 Å². The van der Waals surface area contributed by atoms with Gasteiger partial charge in [0, 0.05) is 17.2 Å². The SMILES string of the molecule is O=C(Nc1nc2cccc(-c3ccc(NS(=O)(=O)c4ccccc4)cc3)n2n1)C1CC1. The van der Waals surface area contributed by atoms with Gasteiger partial charge in [0.2, 0.25) is 11.9 Å². The van der Waals surface area contributed by atoms with E-state index < -0.39 is 10.0 Å². The highest BCUT2D eigenvalue weighted by Crippen LogP contribution is 2.30. The number of fused-ring (bicyclic) bond motifs is 1. The van der Waals surface area contributed by atoms with Gasteiger partial charge in [-0.25, -0.2) is 12.9 Å². The average molecular weight is 433 g/mol. The van der Waals surface area contributed by atoms with Gasteiger partial charge in [0.1, 0.15) is 0 Å². The van der Waals surface area contributed by atoms with Gasteiger partial charge in [-0.3, -0.25) is 14.8 Å². The molecular formula is C22H19N5O3S. The van der Waals surface area contributed by atoms with E-state index in [9.17, 15) is 13.2 Å². The number of aromatic nitrogens is 3. The number of anilines is 2. The number of sulfonamides is 1. The monoisotopic (exact) mass is 433 g/mol. The van der Waals surface area contributed by atoms with E-state index in [1.807, 2.05) is 30.3 Å². The van der Waals surface area contributed by atoms with Crippen LogP contribution in [0.15, 0.2) is 77.7 Å². The van der Waals surface area contributed by atoms with Gasteiger partial charge in [0.05, 0.1) is 10.6 Å². The summed E-state index contributed by atoms with van der Waals surface area (Å²) in [7, 11) is -3.65. The third kappa shape index (κ3) is 3.99. The minimum Gasteiger partial charge on any atom is -0.293 e. The third-order valence-corrected chi connectivity index (χ3v) is 6.43. The topological polar surface area (TPSA) is 105 Å². The quantitative estimate of drug-likeness (QED) is 0.484. The summed E-state index contributed by atoms with van der Waals surface area (Å²) in [5, 5.41) is 7.19. The van der Waals surface area contributed by atoms with Crippen molar-refractivity contribution >= 4 is 33.2 Å². The lowest BCUT2D eigenvalue weighted by Gasteiger charge is -2.09. The van der Waals surface area contributed by atoms with Crippen LogP contribution >= 0.6 is 0 Å². The lowest BCUT2D eigenvalue weighted by atomic mass is 10.1. The maximum atomic E-state index is 12.5. The van der Waals surface area contributed by atoms with Crippen LogP contribution in [-0.4, -0.2) is 28.9 Å². The number of nitrogens with one attached hydrogen (secondary N) is 2. The van der Waals surface area contributed by atoms with Crippen LogP contribution in [0.2, 0.25) is 0 Å². The summed E-state index contributed by atoms with van der Waals surface area (Å²) >= 11 is 0. The van der Waals surface area contributed by atoms with Crippen LogP contribution in [0.25, 0.3) is 16.9 Å². The highest BCUT2D eigenvalue weighted by molar-refractivity contribution is 7.92. The fraction of sp³-hybridized carbons (Fsp3) is 0.136. The van der Waals surface area contributed by atoms with E-state index in [0.717, 1.165) is 24.1 Å². The predicted octanol–water partition coefficient (Wildman–Crippen LogP) is 3.55. The van der Waals surface area contributed by atoms with Crippen LogP contribution in [0, 0.1) is 5.92 Å². The average Bonchev–Trinajstić information content (AvgIpc) is 3.55. The van der Waals surface area contributed by atoms with Crippen LogP contribution < -0.4 is 10.0 Å². The molecule has 1 amide bonds. The largest absolute Gasteiger partial charge is 0.293 e. The molecule has 5 rings (SSSR count). The van der Waals surface area contributed by atoms with Crippen molar-refractivity contribution in [2.45, 2.75) is 17.7 Å². The smallest absolute Gasteiger partial charge is 0.261 e. The van der Waals surface area contributed by atoms with Crippen LogP contribution in [0.5, 0.6) is 0 Å². The normalized spacial score (nSPS) is 13.8. The van der Waals surface area contributed by atoms with Crippen molar-refractivity contribution in [1.82, 2.24) is 14.6 Å². The second-order valence-electron chi connectivity index (χ2n) is 7.38. The molecule has 2 N–H and O–H groups in total. The van der Waals surface area contributed by atoms with Crippen LogP contribution in [0.1, 0.15) is 12.8 Å². The van der Waals surface area contributed by atoms with Crippen molar-refractivity contribution in [2.24, 2.45) is 5.92 Å². The molecule has 8 nitrogen and oxygen atoms in total. The highest BCUT2D eigenvalue weighted by Gasteiger charge is 2.30. The van der Waals surface area contributed by atoms with E-state index in [1.54, 1.807) is 47.0 Å². The first kappa shape index (κ1) is 19.3. The van der Waals surface area contributed by atoms with E-state index in [0.29, 0.717) is 11.3 Å². The molecule has 0 saturated heterocycles. The molecule has 0 spiro atoms. The second-order valence-corrected chi connectivity index (χ2v) is 9.06. The number of rotatable bonds is 6. The Kier molecular flexibility index (Phi) is 4.67. The van der Waals surface area contributed by atoms with E-state index >= 15 is 0 Å². The Morgan fingerprint density at radius 2 is 1.68 bits per heavy atom. The molecule has 31 heavy (non-hydrogen) atoms. The van der Waals surface area contributed by atoms with Crippen molar-refractivity contribution in [3.8, 4) is 11.3 Å². The molecule has 0 atom stereocenters. The van der Waals surface area contributed by atoms with Crippen LogP contribution in [0.3, 0.4) is 0 Å². The number of amides is 1. The van der Waals surface area contributed by atoms with Gasteiger partial charge >= 0.3 is 0 Å². The highest BCUT2D eigenvalue weighted by atomic mass is 32.2. The fourth-order valence-corrected chi connectivity index (χ4v) is 4.34. The standard InChI is InChI=1S/C22H19N5O3S/c28-21(16-9-10-16)24-22-23-20-8-4-7-19(27(20)25-22)15-11-13-17(14-12-15)26-31(29,30)18-5-2-1-3-6-18/h1-8,11-14,16,26H,9-10H2,(H,24,25,28). The van der Waals surface area contributed by atoms with Gasteiger partial charge in [0.25, 0.3) is 10.0 Å². The van der Waals surface area contributed by atoms with Crippen LogP contribution in [-0.2, 0) is 14.8 Å². The summed E-state index contributed by atoms with van der Waals surface area (Å²) in [5.41, 5.74) is 2.67. The lowest BCUT2D eigenvalue weighted by Crippen LogP contribution is -2.14. The maximum absolute atomic E-state index is 12.5. The molecule has 156 valence electrons. The van der Waals surface area contributed by atoms with Crippen molar-refractivity contribution in [3.05, 3.63) is 72.8 Å². The maximum Gasteiger partial charge on any atom is 0.261 e. The van der Waals surface area contributed by atoms with E-state index in [1.165, 1.54) is 0 Å². The molecule has 2 aromatic heterocycles. The van der Waals surface area contributed by atoms with Crippen LogP contribution in [0.4, 0.5) is 11.6 Å². The molecule has 2 heterocycles. The second kappa shape index (κ2) is 7.51. The molecule has 2 aromatic carbocycles. The van der Waals surface area contributed by atoms with Crippen molar-refractivity contribution < 1.29 is 13.2 Å². The number of hydrogen-bond donors (Lipinski definition) is 2. The Balaban J connectivity index is 1.40. The first-order valence-electron chi connectivity index (χ1n) is 9.84. The third-order valence-electron chi connectivity index (χ3n) is 5.03. The molecule has 1 aliphatic carbocycles. The van der Waals surface area contributed by atoms with E-state index in [2.05, 4.69) is 20.1 Å². The van der Waals surface area contributed by atoms with E-state index in [-0.39, 0.29) is 22.7 Å². The van der Waals surface area contributed by atoms with Crippen molar-refractivity contribution in [1.29, 1.82) is 0 Å². The number of hydrogen-bond acceptors (Lipinski definition) is 5. The molecule has 4 aromatic rings. The van der Waals surface area contributed by atoms with E-state index in [4.69, 9.17) is 0 Å². The zero-order valence-corrected chi connectivity index (χ0v) is 17.2. The first-order valence-corrected chi connectivity index (χ1v) is 11.3. The predicted molar refractivity (Wildman–Crippen MR) is 117 cm³/mol. The van der Waals surface area contributed by atoms with Crippen molar-refractivity contribution in [2.75, 3.05) is 10.0 Å². The lowest BCUT2D eigenvalue weighted by molar-refractivity contribution is -0.117. The zero-order valence-electron chi connectivity index (χ0n) is 16.4. The van der Waals surface area contributed by atoms with Gasteiger partial charge in [-0.05, 0) is 49.2 Å². The molecule has 0 bridgehead atoms. The molecule has 0 radical (unpaired) electrons. The number of carbonyl (C=O) groups is 1. The summed E-state index contributed by atoms with van der Waals surface area (Å²) in [6.07, 6.45) is 1.82. The molecule has 0 unspecified atom stereocenters. The summed E-state index contributed by atoms with van der Waals surface area (Å²) in [5.74, 6) is 0.294. The molecule has 1 fully saturated rings. The molecular weight excluding hydrogens is 414 g/mol. The van der Waals surface area contributed by atoms with Gasteiger partial charge < -0.3 is 0 Å². The minimum absolute atomic E-state index is 0.0486. The Morgan fingerprint density at radius 1 is 0.935 bits per heavy atom. The molecule has 0 aliphatic heterocycles. The number of carbonyl (C=O) groups excluding carboxylic acids is 1. The summed E-state index contributed by atoms with van der Waals surface area (Å²) in [6.45, 7) is 0. The molecule has 9 heteroatoms. The Labute approximate surface area is 179 Å². The van der Waals surface area contributed by atoms with Gasteiger partial charge in [-0.15, -0.1) is 5.10 Å². The number of nitrogens with zero attached hydrogens (tertiary/aromatic N) is 3. The summed E-state index contributed by atoms with van der Waals surface area (Å²) < 4.78 is 29.3. The number of pyridine rings is 1. The van der Waals surface area contributed by atoms with Crippen molar-refractivity contribution in [3.63, 3.8) is 0 Å². The molecule has 1 aliphatic rings. The Bertz CT molecular complexity index is 1360. The fourth-order valence-electron chi connectivity index (χ4n) is 3.26. The first-order chi connectivity index (χ1) is 15.0. The minimum atomic E-state index is -3.65. The Morgan fingerprint density at radius 3 is 2.39 bits per heavy atom.